The van der Waals surface area contributed by atoms with Gasteiger partial charge in [0.05, 0.1) is 0 Å². The Balaban J connectivity index is 1.33. The summed E-state index contributed by atoms with van der Waals surface area (Å²) in [6.45, 7) is 19.0. The Kier molecular flexibility index (Phi) is 7.93. The van der Waals surface area contributed by atoms with Crippen LogP contribution in [0.1, 0.15) is 124 Å². The highest BCUT2D eigenvalue weighted by Gasteiger charge is 2.62. The van der Waals surface area contributed by atoms with Gasteiger partial charge in [-0.05, 0) is 129 Å². The van der Waals surface area contributed by atoms with Crippen molar-refractivity contribution < 1.29 is 4.74 Å². The second-order valence-electron chi connectivity index (χ2n) is 14.9. The van der Waals surface area contributed by atoms with E-state index in [0.717, 1.165) is 52.7 Å². The number of benzene rings is 1. The molecule has 4 saturated carbocycles. The van der Waals surface area contributed by atoms with Crippen LogP contribution in [-0.4, -0.2) is 6.10 Å². The van der Waals surface area contributed by atoms with E-state index in [9.17, 15) is 0 Å². The third-order valence-electron chi connectivity index (χ3n) is 12.5. The lowest BCUT2D eigenvalue weighted by molar-refractivity contribution is -0.157. The quantitative estimate of drug-likeness (QED) is 0.342. The molecule has 0 amide bonds. The van der Waals surface area contributed by atoms with Crippen LogP contribution >= 0.6 is 0 Å². The molecule has 5 rings (SSSR count). The van der Waals surface area contributed by atoms with Gasteiger partial charge in [-0.3, -0.25) is 0 Å². The van der Waals surface area contributed by atoms with Crippen molar-refractivity contribution in [3.05, 3.63) is 36.4 Å². The summed E-state index contributed by atoms with van der Waals surface area (Å²) in [5.74, 6) is 7.31. The zero-order valence-corrected chi connectivity index (χ0v) is 25.0. The smallest absolute Gasteiger partial charge is 0.119 e. The summed E-state index contributed by atoms with van der Waals surface area (Å²) in [6.07, 6.45) is 17.4. The Bertz CT molecular complexity index is 928. The summed E-state index contributed by atoms with van der Waals surface area (Å²) in [5.41, 5.74) is 3.25. The molecule has 4 aliphatic rings. The predicted octanol–water partition coefficient (Wildman–Crippen LogP) is 10.6. The van der Waals surface area contributed by atoms with E-state index in [4.69, 9.17) is 4.74 Å². The van der Waals surface area contributed by atoms with Crippen molar-refractivity contribution >= 4 is 5.57 Å². The van der Waals surface area contributed by atoms with Gasteiger partial charge in [0.1, 0.15) is 11.9 Å². The first kappa shape index (κ1) is 27.3. The van der Waals surface area contributed by atoms with Gasteiger partial charge >= 0.3 is 0 Å². The first-order valence-corrected chi connectivity index (χ1v) is 16.1. The minimum Gasteiger partial charge on any atom is -0.490 e. The van der Waals surface area contributed by atoms with Gasteiger partial charge in [0.15, 0.2) is 0 Å². The van der Waals surface area contributed by atoms with Crippen LogP contribution in [0.2, 0.25) is 0 Å². The Morgan fingerprint density at radius 1 is 0.919 bits per heavy atom. The summed E-state index contributed by atoms with van der Waals surface area (Å²) in [6, 6.07) is 8.77. The number of allylic oxidation sites excluding steroid dienone is 1. The molecule has 0 bridgehead atoms. The number of ether oxygens (including phenoxy) is 1. The fraction of sp³-hybridized carbons (Fsp3) is 0.778. The Hall–Kier alpha value is -1.24. The lowest BCUT2D eigenvalue weighted by Gasteiger charge is -2.62. The van der Waals surface area contributed by atoms with Crippen molar-refractivity contribution in [1.29, 1.82) is 0 Å². The molecule has 0 N–H and O–H groups in total. The Labute approximate surface area is 229 Å². The van der Waals surface area contributed by atoms with Gasteiger partial charge in [-0.1, -0.05) is 78.2 Å². The third kappa shape index (κ3) is 4.96. The highest BCUT2D eigenvalue weighted by Crippen LogP contribution is 2.68. The average molecular weight is 505 g/mol. The second kappa shape index (κ2) is 10.7. The molecule has 0 aromatic heterocycles. The lowest BCUT2D eigenvalue weighted by Crippen LogP contribution is -2.59. The molecule has 0 saturated heterocycles. The fourth-order valence-electron chi connectivity index (χ4n) is 10.5. The molecule has 0 aliphatic heterocycles. The first-order valence-electron chi connectivity index (χ1n) is 16.1. The van der Waals surface area contributed by atoms with Crippen molar-refractivity contribution in [1.82, 2.24) is 0 Å². The molecule has 1 heteroatoms. The van der Waals surface area contributed by atoms with Gasteiger partial charge in [0.2, 0.25) is 0 Å². The maximum Gasteiger partial charge on any atom is 0.119 e. The molecule has 37 heavy (non-hydrogen) atoms. The van der Waals surface area contributed by atoms with E-state index in [1.54, 1.807) is 0 Å². The third-order valence-corrected chi connectivity index (χ3v) is 12.5. The van der Waals surface area contributed by atoms with Crippen molar-refractivity contribution in [2.24, 2.45) is 52.3 Å². The zero-order chi connectivity index (χ0) is 26.4. The van der Waals surface area contributed by atoms with Crippen molar-refractivity contribution in [3.63, 3.8) is 0 Å². The van der Waals surface area contributed by atoms with Crippen LogP contribution in [-0.2, 0) is 0 Å². The largest absolute Gasteiger partial charge is 0.490 e. The topological polar surface area (TPSA) is 9.23 Å². The van der Waals surface area contributed by atoms with Crippen molar-refractivity contribution in [2.45, 2.75) is 125 Å². The Morgan fingerprint density at radius 2 is 1.68 bits per heavy atom. The molecule has 9 atom stereocenters. The van der Waals surface area contributed by atoms with Crippen molar-refractivity contribution in [3.8, 4) is 5.75 Å². The van der Waals surface area contributed by atoms with Crippen LogP contribution in [0.25, 0.3) is 5.57 Å². The standard InChI is InChI=1S/C36H56O/c1-24(2)10-8-11-26(5)31-20-21-32-30-19-16-28-12-9-13-34(36(28,7)33(30)22-23-35(31,32)6)37-29-17-14-27(15-18-29)25(3)4/h14-15,17-18,24,26,28,30-34H,3,8-13,16,19-23H2,1-2,4-7H3/t26-,28?,30+,31-,32+,33+,34?,35-,36+/m1/s1. The minimum atomic E-state index is 0.330. The maximum atomic E-state index is 6.94. The van der Waals surface area contributed by atoms with E-state index < -0.39 is 0 Å². The van der Waals surface area contributed by atoms with Crippen LogP contribution in [0.15, 0.2) is 30.8 Å². The fourth-order valence-corrected chi connectivity index (χ4v) is 10.5. The van der Waals surface area contributed by atoms with Crippen LogP contribution in [0.5, 0.6) is 5.75 Å². The van der Waals surface area contributed by atoms with Crippen LogP contribution in [0.3, 0.4) is 0 Å². The van der Waals surface area contributed by atoms with Gasteiger partial charge in [-0.2, -0.15) is 0 Å². The molecule has 206 valence electrons. The normalized spacial score (nSPS) is 40.0. The molecule has 4 aliphatic carbocycles. The molecule has 0 spiro atoms. The molecule has 0 radical (unpaired) electrons. The lowest BCUT2D eigenvalue weighted by atomic mass is 9.44. The van der Waals surface area contributed by atoms with E-state index in [1.807, 2.05) is 0 Å². The van der Waals surface area contributed by atoms with Gasteiger partial charge in [-0.15, -0.1) is 0 Å². The minimum absolute atomic E-state index is 0.330. The molecule has 4 fully saturated rings. The van der Waals surface area contributed by atoms with E-state index in [0.29, 0.717) is 16.9 Å². The predicted molar refractivity (Wildman–Crippen MR) is 159 cm³/mol. The summed E-state index contributed by atoms with van der Waals surface area (Å²) in [5, 5.41) is 0. The van der Waals surface area contributed by atoms with Gasteiger partial charge in [0, 0.05) is 5.41 Å². The van der Waals surface area contributed by atoms with Gasteiger partial charge in [-0.25, -0.2) is 0 Å². The summed E-state index contributed by atoms with van der Waals surface area (Å²) in [4.78, 5) is 0. The Morgan fingerprint density at radius 3 is 2.38 bits per heavy atom. The molecular formula is C36H56O. The number of fused-ring (bicyclic) bond motifs is 5. The van der Waals surface area contributed by atoms with Crippen LogP contribution < -0.4 is 4.74 Å². The highest BCUT2D eigenvalue weighted by atomic mass is 16.5. The first-order chi connectivity index (χ1) is 17.6. The van der Waals surface area contributed by atoms with E-state index in [1.165, 1.54) is 82.6 Å². The van der Waals surface area contributed by atoms with E-state index >= 15 is 0 Å². The molecule has 1 aromatic rings. The monoisotopic (exact) mass is 504 g/mol. The molecule has 1 aromatic carbocycles. The molecule has 0 heterocycles. The summed E-state index contributed by atoms with van der Waals surface area (Å²) >= 11 is 0. The molecule has 1 nitrogen and oxygen atoms in total. The number of rotatable bonds is 8. The average Bonchev–Trinajstić information content (AvgIpc) is 3.22. The van der Waals surface area contributed by atoms with Crippen molar-refractivity contribution in [2.75, 3.05) is 0 Å². The van der Waals surface area contributed by atoms with Crippen LogP contribution in [0, 0.1) is 52.3 Å². The van der Waals surface area contributed by atoms with E-state index in [2.05, 4.69) is 72.4 Å². The molecule has 2 unspecified atom stereocenters. The zero-order valence-electron chi connectivity index (χ0n) is 25.0. The highest BCUT2D eigenvalue weighted by molar-refractivity contribution is 5.61. The van der Waals surface area contributed by atoms with Gasteiger partial charge in [0.25, 0.3) is 0 Å². The SMILES string of the molecule is C=C(C)c1ccc(OC2CCCC3CC[C@@H]4[C@H](CC[C@]5(C)[C@@H]([C@H](C)CCCC(C)C)CC[C@@H]45)[C@]32C)cc1. The summed E-state index contributed by atoms with van der Waals surface area (Å²) < 4.78 is 6.94. The van der Waals surface area contributed by atoms with Gasteiger partial charge < -0.3 is 4.74 Å². The second-order valence-corrected chi connectivity index (χ2v) is 14.9. The number of hydrogen-bond donors (Lipinski definition) is 0. The summed E-state index contributed by atoms with van der Waals surface area (Å²) in [7, 11) is 0. The number of hydrogen-bond acceptors (Lipinski definition) is 1. The molecular weight excluding hydrogens is 448 g/mol. The maximum absolute atomic E-state index is 6.94. The van der Waals surface area contributed by atoms with Crippen LogP contribution in [0.4, 0.5) is 0 Å². The van der Waals surface area contributed by atoms with E-state index in [-0.39, 0.29) is 0 Å².